The van der Waals surface area contributed by atoms with Crippen LogP contribution in [0.15, 0.2) is 146 Å². The summed E-state index contributed by atoms with van der Waals surface area (Å²) in [6, 6.07) is 42.5. The van der Waals surface area contributed by atoms with Crippen molar-refractivity contribution in [3.8, 4) is 43.9 Å². The summed E-state index contributed by atoms with van der Waals surface area (Å²) in [5.41, 5.74) is 6.99. The topological polar surface area (TPSA) is 146 Å². The average molecular weight is 1150 g/mol. The Kier molecular flexibility index (Phi) is 17.6. The number of hydrogen-bond donors (Lipinski definition) is 2. The molecule has 4 heterocycles. The van der Waals surface area contributed by atoms with Gasteiger partial charge >= 0.3 is 11.9 Å². The number of methoxy groups -OCH3 is 2. The Morgan fingerprint density at radius 1 is 0.533 bits per heavy atom. The molecule has 0 saturated carbocycles. The van der Waals surface area contributed by atoms with E-state index in [1.807, 2.05) is 55.5 Å². The summed E-state index contributed by atoms with van der Waals surface area (Å²) in [5.74, 6) is 0.149. The molecular formula is C56H42Cl2N2O9S6. The second-order valence-corrected chi connectivity index (χ2v) is 23.2. The van der Waals surface area contributed by atoms with Crippen molar-refractivity contribution in [3.05, 3.63) is 197 Å². The number of nitrogens with zero attached hydrogens (tertiary/aromatic N) is 2. The third-order valence-electron chi connectivity index (χ3n) is 11.8. The lowest BCUT2D eigenvalue weighted by atomic mass is 10.1. The number of carbonyl (C=O) groups excluding carboxylic acids is 3. The maximum absolute atomic E-state index is 13.5. The summed E-state index contributed by atoms with van der Waals surface area (Å²) in [7, 11) is 9.55. The largest absolute Gasteiger partial charge is 0.508 e. The molecule has 10 rings (SSSR count). The van der Waals surface area contributed by atoms with Gasteiger partial charge in [-0.15, -0.1) is 0 Å². The Bertz CT molecular complexity index is 3850. The van der Waals surface area contributed by atoms with E-state index >= 15 is 0 Å². The van der Waals surface area contributed by atoms with E-state index in [1.165, 1.54) is 4.57 Å². The quantitative estimate of drug-likeness (QED) is 0.0552. The number of aliphatic carboxylic acids is 1. The molecule has 0 unspecified atom stereocenters. The number of esters is 1. The zero-order valence-electron chi connectivity index (χ0n) is 40.1. The first-order valence-corrected chi connectivity index (χ1v) is 28.4. The molecule has 0 fully saturated rings. The van der Waals surface area contributed by atoms with E-state index in [0.29, 0.717) is 83.1 Å². The number of halogens is 2. The molecular weight excluding hydrogens is 1110 g/mol. The van der Waals surface area contributed by atoms with Crippen LogP contribution in [0.5, 0.6) is 23.0 Å². The van der Waals surface area contributed by atoms with Gasteiger partial charge in [0.2, 0.25) is 0 Å². The number of ether oxygens (including phenoxy) is 3. The van der Waals surface area contributed by atoms with E-state index in [2.05, 4.69) is 0 Å². The van der Waals surface area contributed by atoms with Crippen molar-refractivity contribution < 1.29 is 43.6 Å². The van der Waals surface area contributed by atoms with E-state index in [-0.39, 0.29) is 24.7 Å². The second kappa shape index (κ2) is 24.3. The lowest BCUT2D eigenvalue weighted by Crippen LogP contribution is -2.15. The number of carboxylic acids is 1. The van der Waals surface area contributed by atoms with E-state index in [0.717, 1.165) is 33.9 Å². The fraction of sp³-hybridized carbons (Fsp3) is 0.107. The minimum absolute atomic E-state index is 0.00986. The third kappa shape index (κ3) is 12.8. The van der Waals surface area contributed by atoms with Crippen LogP contribution < -0.4 is 14.2 Å². The molecule has 0 radical (unpaired) electrons. The maximum Gasteiger partial charge on any atom is 0.315 e. The molecule has 19 heteroatoms. The summed E-state index contributed by atoms with van der Waals surface area (Å²) in [6.07, 6.45) is -0.180. The first-order valence-electron chi connectivity index (χ1n) is 22.5. The van der Waals surface area contributed by atoms with Gasteiger partial charge in [-0.05, 0) is 182 Å². The molecule has 11 nitrogen and oxygen atoms in total. The van der Waals surface area contributed by atoms with Gasteiger partial charge in [-0.3, -0.25) is 28.3 Å². The fourth-order valence-corrected chi connectivity index (χ4v) is 13.2. The molecule has 75 heavy (non-hydrogen) atoms. The molecule has 0 aliphatic carbocycles. The van der Waals surface area contributed by atoms with Crippen LogP contribution in [0.3, 0.4) is 0 Å². The van der Waals surface area contributed by atoms with E-state index < -0.39 is 11.9 Å². The molecule has 4 aromatic heterocycles. The standard InChI is InChI=1S/C28H20ClNO4S3.C19H16ClNO4.C9H6OS3/c1-16-22(14-26(31)34-20-9-5-17(6-10-20)25-15-27(35)37-36-25)23-13-21(33-2)11-12-24(23)30(16)28(32)18-3-7-19(29)8-4-18;1-11-15(10-18(22)23)16-9-14(25-2)7-8-17(16)21(11)19(24)12-3-5-13(20)6-4-12;10-7-3-1-6(2-4-7)8-5-9(11)13-12-8/h3-13,15H,14H2,1-2H3;3-9H,10H2,1-2H3,(H,22,23);1-5,10H. The van der Waals surface area contributed by atoms with Crippen LogP contribution in [0.25, 0.3) is 42.7 Å². The van der Waals surface area contributed by atoms with E-state index in [9.17, 15) is 24.3 Å². The highest BCUT2D eigenvalue weighted by atomic mass is 35.5. The van der Waals surface area contributed by atoms with Gasteiger partial charge in [-0.25, -0.2) is 0 Å². The minimum atomic E-state index is -0.955. The zero-order chi connectivity index (χ0) is 53.5. The molecule has 2 N–H and O–H groups in total. The number of carboxylic acid groups (broad SMARTS) is 1. The molecule has 0 aliphatic heterocycles. The smallest absolute Gasteiger partial charge is 0.315 e. The normalized spacial score (nSPS) is 10.8. The highest BCUT2D eigenvalue weighted by molar-refractivity contribution is 7.80. The van der Waals surface area contributed by atoms with Crippen molar-refractivity contribution in [2.75, 3.05) is 14.2 Å². The van der Waals surface area contributed by atoms with Crippen molar-refractivity contribution in [2.45, 2.75) is 26.7 Å². The highest BCUT2D eigenvalue weighted by Gasteiger charge is 2.24. The van der Waals surface area contributed by atoms with Crippen molar-refractivity contribution >= 4 is 135 Å². The number of carbonyl (C=O) groups is 4. The van der Waals surface area contributed by atoms with Gasteiger partial charge in [0, 0.05) is 53.1 Å². The number of fused-ring (bicyclic) bond motifs is 2. The second-order valence-electron chi connectivity index (χ2n) is 16.5. The molecule has 10 aromatic rings. The minimum Gasteiger partial charge on any atom is -0.508 e. The first-order chi connectivity index (χ1) is 36.0. The number of phenolic OH excluding ortho intramolecular Hbond substituents is 1. The lowest BCUT2D eigenvalue weighted by molar-refractivity contribution is -0.136. The molecule has 0 aliphatic rings. The Morgan fingerprint density at radius 2 is 0.933 bits per heavy atom. The van der Waals surface area contributed by atoms with Crippen LogP contribution >= 0.6 is 89.0 Å². The van der Waals surface area contributed by atoms with Gasteiger partial charge in [-0.1, -0.05) is 89.0 Å². The average Bonchev–Trinajstić information content (AvgIpc) is 4.18. The monoisotopic (exact) mass is 1150 g/mol. The Morgan fingerprint density at radius 3 is 1.32 bits per heavy atom. The Hall–Kier alpha value is -6.80. The van der Waals surface area contributed by atoms with E-state index in [1.54, 1.807) is 164 Å². The molecule has 0 saturated heterocycles. The number of aromatic nitrogens is 2. The summed E-state index contributed by atoms with van der Waals surface area (Å²) in [5, 5.41) is 20.9. The molecule has 0 bridgehead atoms. The van der Waals surface area contributed by atoms with Crippen LogP contribution in [0.2, 0.25) is 10.0 Å². The number of rotatable bonds is 11. The Balaban J connectivity index is 0.000000168. The molecule has 0 atom stereocenters. The SMILES string of the molecule is COc1ccc2c(c1)c(CC(=O)O)c(C)n2C(=O)c1ccc(Cl)cc1.COc1ccc2c(c1)c(CC(=O)Oc1ccc(-c3cc(=S)ss3)cc1)c(C)n2C(=O)c1ccc(Cl)cc1.Oc1ccc(-c2cc(=S)ss2)cc1. The zero-order valence-corrected chi connectivity index (χ0v) is 46.5. The van der Waals surface area contributed by atoms with Crippen molar-refractivity contribution in [3.63, 3.8) is 0 Å². The van der Waals surface area contributed by atoms with Gasteiger partial charge in [0.25, 0.3) is 11.8 Å². The number of hydrogen-bond acceptors (Lipinski definition) is 14. The van der Waals surface area contributed by atoms with Crippen LogP contribution in [-0.2, 0) is 22.4 Å². The van der Waals surface area contributed by atoms with Crippen LogP contribution in [0.1, 0.15) is 43.2 Å². The maximum atomic E-state index is 13.5. The predicted octanol–water partition coefficient (Wildman–Crippen LogP) is 15.8. The summed E-state index contributed by atoms with van der Waals surface area (Å²) >= 11 is 22.1. The Labute approximate surface area is 465 Å². The van der Waals surface area contributed by atoms with Crippen molar-refractivity contribution in [2.24, 2.45) is 0 Å². The van der Waals surface area contributed by atoms with Crippen LogP contribution in [0.4, 0.5) is 0 Å². The number of phenols is 1. The van der Waals surface area contributed by atoms with Crippen molar-refractivity contribution in [1.82, 2.24) is 9.13 Å². The molecule has 380 valence electrons. The molecule has 6 aromatic carbocycles. The third-order valence-corrected chi connectivity index (χ3v) is 18.1. The van der Waals surface area contributed by atoms with Crippen LogP contribution in [0, 0.1) is 21.5 Å². The summed E-state index contributed by atoms with van der Waals surface area (Å²) < 4.78 is 21.2. The van der Waals surface area contributed by atoms with Gasteiger partial charge in [-0.2, -0.15) is 0 Å². The van der Waals surface area contributed by atoms with Gasteiger partial charge < -0.3 is 24.4 Å². The van der Waals surface area contributed by atoms with Gasteiger partial charge in [0.05, 0.1) is 38.1 Å². The molecule has 0 spiro atoms. The van der Waals surface area contributed by atoms with Crippen molar-refractivity contribution in [1.29, 1.82) is 0 Å². The van der Waals surface area contributed by atoms with E-state index in [4.69, 9.17) is 67.0 Å². The summed E-state index contributed by atoms with van der Waals surface area (Å²) in [4.78, 5) is 53.0. The lowest BCUT2D eigenvalue weighted by Gasteiger charge is -2.08. The van der Waals surface area contributed by atoms with Gasteiger partial charge in [0.1, 0.15) is 30.6 Å². The predicted molar refractivity (Wildman–Crippen MR) is 308 cm³/mol. The highest BCUT2D eigenvalue weighted by Crippen LogP contribution is 2.35. The summed E-state index contributed by atoms with van der Waals surface area (Å²) in [6.45, 7) is 3.58. The number of benzene rings is 6. The fourth-order valence-electron chi connectivity index (χ4n) is 8.11. The van der Waals surface area contributed by atoms with Gasteiger partial charge in [0.15, 0.2) is 0 Å². The molecule has 0 amide bonds. The number of aromatic hydroxyl groups is 1. The first kappa shape index (κ1) is 54.5. The van der Waals surface area contributed by atoms with Crippen LogP contribution in [-0.4, -0.2) is 57.3 Å².